The normalized spacial score (nSPS) is 13.7. The number of carbonyl (C=O) groups is 2. The maximum Gasteiger partial charge on any atom is 0.273 e. The first-order valence-electron chi connectivity index (χ1n) is 7.99. The molecule has 0 aliphatic carbocycles. The van der Waals surface area contributed by atoms with Gasteiger partial charge in [-0.3, -0.25) is 15.0 Å². The molecule has 2 aromatic carbocycles. The molecule has 0 atom stereocenters. The first kappa shape index (κ1) is 18.0. The molecule has 2 aromatic rings. The number of nitrogens with zero attached hydrogens (tertiary/aromatic N) is 1. The van der Waals surface area contributed by atoms with Gasteiger partial charge in [0.15, 0.2) is 0 Å². The summed E-state index contributed by atoms with van der Waals surface area (Å²) in [5.74, 6) is 0.0849. The Morgan fingerprint density at radius 1 is 1.23 bits per heavy atom. The molecule has 134 valence electrons. The number of rotatable bonds is 4. The molecular weight excluding hydrogens is 398 g/mol. The monoisotopic (exact) mass is 415 g/mol. The predicted molar refractivity (Wildman–Crippen MR) is 104 cm³/mol. The van der Waals surface area contributed by atoms with Crippen molar-refractivity contribution in [1.82, 2.24) is 5.43 Å². The highest BCUT2D eigenvalue weighted by atomic mass is 79.9. The number of amides is 2. The predicted octanol–water partition coefficient (Wildman–Crippen LogP) is 3.53. The number of carbonyl (C=O) groups excluding carboxylic acids is 2. The van der Waals surface area contributed by atoms with E-state index in [4.69, 9.17) is 4.74 Å². The number of hydrazine groups is 1. The summed E-state index contributed by atoms with van der Waals surface area (Å²) in [7, 11) is 1.55. The number of aryl methyl sites for hydroxylation is 1. The molecule has 1 heterocycles. The Balaban J connectivity index is 1.79. The van der Waals surface area contributed by atoms with E-state index in [0.717, 1.165) is 10.0 Å². The Kier molecular flexibility index (Phi) is 5.27. The van der Waals surface area contributed by atoms with Crippen LogP contribution in [0.25, 0.3) is 0 Å². The first-order chi connectivity index (χ1) is 12.5. The molecule has 0 radical (unpaired) electrons. The molecule has 3 rings (SSSR count). The van der Waals surface area contributed by atoms with Gasteiger partial charge >= 0.3 is 0 Å². The Morgan fingerprint density at radius 2 is 1.96 bits per heavy atom. The maximum atomic E-state index is 12.6. The zero-order chi connectivity index (χ0) is 18.7. The summed E-state index contributed by atoms with van der Waals surface area (Å²) in [4.78, 5) is 24.8. The molecule has 0 fully saturated rings. The van der Waals surface area contributed by atoms with Gasteiger partial charge in [0.2, 0.25) is 5.91 Å². The zero-order valence-corrected chi connectivity index (χ0v) is 16.0. The van der Waals surface area contributed by atoms with Gasteiger partial charge in [-0.2, -0.15) is 0 Å². The highest BCUT2D eigenvalue weighted by molar-refractivity contribution is 9.10. The van der Waals surface area contributed by atoms with Crippen molar-refractivity contribution < 1.29 is 14.3 Å². The van der Waals surface area contributed by atoms with Crippen LogP contribution in [0, 0.1) is 6.92 Å². The van der Waals surface area contributed by atoms with E-state index in [0.29, 0.717) is 22.8 Å². The second kappa shape index (κ2) is 7.61. The Bertz CT molecular complexity index is 878. The summed E-state index contributed by atoms with van der Waals surface area (Å²) in [6, 6.07) is 12.8. The number of methoxy groups -OCH3 is 1. The van der Waals surface area contributed by atoms with E-state index in [1.54, 1.807) is 31.4 Å². The third-order valence-electron chi connectivity index (χ3n) is 3.90. The topological polar surface area (TPSA) is 70.7 Å². The first-order valence-corrected chi connectivity index (χ1v) is 8.78. The van der Waals surface area contributed by atoms with Gasteiger partial charge in [-0.15, -0.1) is 0 Å². The minimum atomic E-state index is -0.344. The van der Waals surface area contributed by atoms with Gasteiger partial charge < -0.3 is 10.1 Å². The molecule has 26 heavy (non-hydrogen) atoms. The van der Waals surface area contributed by atoms with Crippen molar-refractivity contribution in [2.75, 3.05) is 17.4 Å². The molecule has 7 heteroatoms. The summed E-state index contributed by atoms with van der Waals surface area (Å²) in [5.41, 5.74) is 5.42. The van der Waals surface area contributed by atoms with Gasteiger partial charge in [-0.1, -0.05) is 22.0 Å². The minimum absolute atomic E-state index is 0.136. The van der Waals surface area contributed by atoms with Crippen molar-refractivity contribution in [3.63, 3.8) is 0 Å². The summed E-state index contributed by atoms with van der Waals surface area (Å²) in [6.07, 6.45) is 1.71. The van der Waals surface area contributed by atoms with Crippen LogP contribution in [-0.4, -0.2) is 18.9 Å². The summed E-state index contributed by atoms with van der Waals surface area (Å²) in [5, 5.41) is 4.20. The molecule has 2 N–H and O–H groups in total. The number of benzene rings is 2. The average molecular weight is 416 g/mol. The fourth-order valence-electron chi connectivity index (χ4n) is 2.56. The van der Waals surface area contributed by atoms with E-state index in [1.165, 1.54) is 5.01 Å². The summed E-state index contributed by atoms with van der Waals surface area (Å²) < 4.78 is 6.19. The summed E-state index contributed by atoms with van der Waals surface area (Å²) in [6.45, 7) is 1.93. The van der Waals surface area contributed by atoms with E-state index >= 15 is 0 Å². The van der Waals surface area contributed by atoms with E-state index in [1.807, 2.05) is 31.2 Å². The standard InChI is InChI=1S/C19H18BrN3O3/c1-12-3-9-17(26-2)16(11-12)21-19(25)15-8-10-18(24)23(22-15)14-6-4-13(20)5-7-14/h3-9,11,22H,10H2,1-2H3,(H,21,25). The molecule has 1 aliphatic rings. The molecule has 0 saturated heterocycles. The van der Waals surface area contributed by atoms with Crippen LogP contribution in [0.2, 0.25) is 0 Å². The Hall–Kier alpha value is -2.80. The lowest BCUT2D eigenvalue weighted by Crippen LogP contribution is -2.47. The van der Waals surface area contributed by atoms with Gasteiger partial charge in [0, 0.05) is 10.9 Å². The Morgan fingerprint density at radius 3 is 2.65 bits per heavy atom. The molecule has 0 saturated carbocycles. The lowest BCUT2D eigenvalue weighted by molar-refractivity contribution is -0.119. The van der Waals surface area contributed by atoms with Gasteiger partial charge in [-0.05, 0) is 55.0 Å². The molecule has 2 amide bonds. The number of nitrogens with one attached hydrogen (secondary N) is 2. The van der Waals surface area contributed by atoms with E-state index in [9.17, 15) is 9.59 Å². The van der Waals surface area contributed by atoms with Crippen LogP contribution in [0.3, 0.4) is 0 Å². The van der Waals surface area contributed by atoms with Crippen molar-refractivity contribution >= 4 is 39.1 Å². The van der Waals surface area contributed by atoms with Crippen LogP contribution in [-0.2, 0) is 9.59 Å². The van der Waals surface area contributed by atoms with E-state index in [2.05, 4.69) is 26.7 Å². The Labute approximate surface area is 159 Å². The lowest BCUT2D eigenvalue weighted by atomic mass is 10.2. The largest absolute Gasteiger partial charge is 0.495 e. The zero-order valence-electron chi connectivity index (χ0n) is 14.4. The molecule has 1 aliphatic heterocycles. The van der Waals surface area contributed by atoms with Crippen LogP contribution >= 0.6 is 15.9 Å². The fraction of sp³-hybridized carbons (Fsp3) is 0.158. The molecule has 0 aromatic heterocycles. The number of hydrogen-bond acceptors (Lipinski definition) is 4. The molecule has 0 bridgehead atoms. The summed E-state index contributed by atoms with van der Waals surface area (Å²) >= 11 is 3.36. The third kappa shape index (κ3) is 3.88. The number of anilines is 2. The second-order valence-electron chi connectivity index (χ2n) is 5.80. The highest BCUT2D eigenvalue weighted by Crippen LogP contribution is 2.26. The van der Waals surface area contributed by atoms with Crippen LogP contribution in [0.5, 0.6) is 5.75 Å². The molecule has 0 spiro atoms. The van der Waals surface area contributed by atoms with Crippen molar-refractivity contribution in [3.8, 4) is 5.75 Å². The molecule has 0 unspecified atom stereocenters. The smallest absolute Gasteiger partial charge is 0.273 e. The van der Waals surface area contributed by atoms with Gasteiger partial charge in [0.1, 0.15) is 11.4 Å². The molecular formula is C19H18BrN3O3. The number of halogens is 1. The highest BCUT2D eigenvalue weighted by Gasteiger charge is 2.24. The number of ether oxygens (including phenoxy) is 1. The second-order valence-corrected chi connectivity index (χ2v) is 6.71. The maximum absolute atomic E-state index is 12.6. The number of hydrogen-bond donors (Lipinski definition) is 2. The fourth-order valence-corrected chi connectivity index (χ4v) is 2.82. The molecule has 6 nitrogen and oxygen atoms in total. The van der Waals surface area contributed by atoms with Crippen LogP contribution < -0.4 is 20.5 Å². The van der Waals surface area contributed by atoms with Crippen LogP contribution in [0.4, 0.5) is 11.4 Å². The van der Waals surface area contributed by atoms with E-state index < -0.39 is 0 Å². The third-order valence-corrected chi connectivity index (χ3v) is 4.42. The SMILES string of the molecule is COc1ccc(C)cc1NC(=O)C1=CCC(=O)N(c2ccc(Br)cc2)N1. The van der Waals surface area contributed by atoms with Crippen molar-refractivity contribution in [2.24, 2.45) is 0 Å². The van der Waals surface area contributed by atoms with Gasteiger partial charge in [0.25, 0.3) is 5.91 Å². The van der Waals surface area contributed by atoms with Crippen molar-refractivity contribution in [3.05, 3.63) is 64.3 Å². The van der Waals surface area contributed by atoms with Crippen molar-refractivity contribution in [1.29, 1.82) is 0 Å². The van der Waals surface area contributed by atoms with Crippen LogP contribution in [0.1, 0.15) is 12.0 Å². The lowest BCUT2D eigenvalue weighted by Gasteiger charge is -2.28. The van der Waals surface area contributed by atoms with E-state index in [-0.39, 0.29) is 18.2 Å². The minimum Gasteiger partial charge on any atom is -0.495 e. The van der Waals surface area contributed by atoms with Crippen molar-refractivity contribution in [2.45, 2.75) is 13.3 Å². The van der Waals surface area contributed by atoms with Gasteiger partial charge in [-0.25, -0.2) is 5.01 Å². The average Bonchev–Trinajstić information content (AvgIpc) is 2.63. The van der Waals surface area contributed by atoms with Crippen LogP contribution in [0.15, 0.2) is 58.7 Å². The van der Waals surface area contributed by atoms with Gasteiger partial charge in [0.05, 0.1) is 18.5 Å². The quantitative estimate of drug-likeness (QED) is 0.800.